The number of rotatable bonds is 14. The summed E-state index contributed by atoms with van der Waals surface area (Å²) in [6, 6.07) is 3.63. The van der Waals surface area contributed by atoms with E-state index in [-0.39, 0.29) is 24.1 Å². The van der Waals surface area contributed by atoms with Crippen LogP contribution in [0, 0.1) is 0 Å². The number of aliphatic carboxylic acids is 2. The Kier molecular flexibility index (Phi) is 21.6. The molecule has 262 valence electrons. The van der Waals surface area contributed by atoms with Gasteiger partial charge >= 0.3 is 24.3 Å². The molecule has 0 unspecified atom stereocenters. The van der Waals surface area contributed by atoms with Crippen LogP contribution in [0.15, 0.2) is 36.2 Å². The van der Waals surface area contributed by atoms with Gasteiger partial charge in [0.2, 0.25) is 0 Å². The number of nitrogens with one attached hydrogen (secondary N) is 1. The van der Waals surface area contributed by atoms with E-state index in [1.54, 1.807) is 0 Å². The molecule has 1 aromatic rings. The quantitative estimate of drug-likeness (QED) is 0.0338. The van der Waals surface area contributed by atoms with Crippen LogP contribution in [0.3, 0.4) is 0 Å². The predicted molar refractivity (Wildman–Crippen MR) is 160 cm³/mol. The first-order valence-electron chi connectivity index (χ1n) is 12.4. The third-order valence-corrected chi connectivity index (χ3v) is 5.73. The van der Waals surface area contributed by atoms with Gasteiger partial charge in [-0.3, -0.25) is 14.8 Å². The van der Waals surface area contributed by atoms with E-state index in [9.17, 15) is 36.3 Å². The zero-order valence-corrected chi connectivity index (χ0v) is 26.8. The second-order valence-electron chi connectivity index (χ2n) is 8.35. The number of carboxylic acids is 2. The first kappa shape index (κ1) is 44.1. The maximum atomic E-state index is 12.3. The molecule has 0 aromatic heterocycles. The number of hydrogen-bond donors (Lipinski definition) is 8. The SMILES string of the molecule is NC(N)=NCCCCNC(=O)/C(Cc1cc(Br)c(OCCCCN=C(N)N)c(Br)c1)=N/O.O=C(O)C(F)(F)F.O=C(O)C(F)(F)F. The summed E-state index contributed by atoms with van der Waals surface area (Å²) in [6.07, 6.45) is -7.03. The molecule has 0 fully saturated rings. The number of halogens is 8. The molecule has 0 aliphatic heterocycles. The Bertz CT molecular complexity index is 1180. The van der Waals surface area contributed by atoms with Crippen molar-refractivity contribution in [1.29, 1.82) is 0 Å². The molecule has 1 rings (SSSR count). The Hall–Kier alpha value is -4.02. The Labute approximate surface area is 274 Å². The standard InChI is InChI=1S/C19H30Br2N8O3.2C2HF3O2/c20-13-9-12(10-14(21)16(13)32-8-4-3-7-28-19(24)25)11-15(29-31)17(30)26-5-1-2-6-27-18(22)23;2*3-2(4,5)1(6)7/h9-10,31H,1-8,11H2,(H,26,30)(H4,22,23,27)(H4,24,25,28);2*(H,6,7)/b29-15+;;. The molecule has 0 aliphatic rings. The lowest BCUT2D eigenvalue weighted by atomic mass is 10.1. The van der Waals surface area contributed by atoms with Crippen molar-refractivity contribution < 1.29 is 60.9 Å². The number of aliphatic imine (C=N–C) groups is 2. The number of nitrogens with two attached hydrogens (primary N) is 4. The summed E-state index contributed by atoms with van der Waals surface area (Å²) >= 11 is 6.97. The second kappa shape index (κ2) is 22.5. The Morgan fingerprint density at radius 1 is 0.804 bits per heavy atom. The zero-order valence-electron chi connectivity index (χ0n) is 23.7. The predicted octanol–water partition coefficient (Wildman–Crippen LogP) is 2.45. The minimum absolute atomic E-state index is 0.00132. The summed E-state index contributed by atoms with van der Waals surface area (Å²) in [5.74, 6) is -5.19. The third-order valence-electron chi connectivity index (χ3n) is 4.56. The van der Waals surface area contributed by atoms with E-state index in [2.05, 4.69) is 52.3 Å². The number of amides is 1. The highest BCUT2D eigenvalue weighted by Crippen LogP contribution is 2.35. The van der Waals surface area contributed by atoms with Crippen molar-refractivity contribution in [3.8, 4) is 5.75 Å². The molecule has 12 N–H and O–H groups in total. The number of unbranched alkanes of at least 4 members (excludes halogenated alkanes) is 2. The van der Waals surface area contributed by atoms with E-state index >= 15 is 0 Å². The first-order valence-corrected chi connectivity index (χ1v) is 14.0. The lowest BCUT2D eigenvalue weighted by Crippen LogP contribution is -2.33. The average molecular weight is 806 g/mol. The third kappa shape index (κ3) is 22.5. The van der Waals surface area contributed by atoms with Crippen molar-refractivity contribution in [3.63, 3.8) is 0 Å². The minimum Gasteiger partial charge on any atom is -0.491 e. The van der Waals surface area contributed by atoms with E-state index in [0.717, 1.165) is 24.8 Å². The molecule has 46 heavy (non-hydrogen) atoms. The van der Waals surface area contributed by atoms with Crippen molar-refractivity contribution >= 4 is 67.3 Å². The smallest absolute Gasteiger partial charge is 0.490 e. The van der Waals surface area contributed by atoms with Gasteiger partial charge in [-0.05, 0) is 75.2 Å². The molecule has 0 atom stereocenters. The van der Waals surface area contributed by atoms with Crippen LogP contribution >= 0.6 is 31.9 Å². The summed E-state index contributed by atoms with van der Waals surface area (Å²) in [4.78, 5) is 37.9. The largest absolute Gasteiger partial charge is 0.491 e. The molecular weight excluding hydrogens is 774 g/mol. The summed E-state index contributed by atoms with van der Waals surface area (Å²) < 4.78 is 70.7. The van der Waals surface area contributed by atoms with Gasteiger partial charge in [-0.2, -0.15) is 26.3 Å². The number of carbonyl (C=O) groups is 3. The van der Waals surface area contributed by atoms with Crippen molar-refractivity contribution in [2.75, 3.05) is 26.2 Å². The fraction of sp³-hybridized carbons (Fsp3) is 0.478. The molecule has 1 aromatic carbocycles. The van der Waals surface area contributed by atoms with Gasteiger partial charge in [0.15, 0.2) is 11.9 Å². The Balaban J connectivity index is 0. The molecule has 15 nitrogen and oxygen atoms in total. The molecule has 0 saturated heterocycles. The van der Waals surface area contributed by atoms with Crippen LogP contribution in [0.5, 0.6) is 5.75 Å². The van der Waals surface area contributed by atoms with Gasteiger partial charge in [-0.1, -0.05) is 5.16 Å². The van der Waals surface area contributed by atoms with Gasteiger partial charge in [0.1, 0.15) is 11.5 Å². The first-order chi connectivity index (χ1) is 21.1. The van der Waals surface area contributed by atoms with Gasteiger partial charge in [-0.15, -0.1) is 0 Å². The van der Waals surface area contributed by atoms with Crippen molar-refractivity contribution in [2.24, 2.45) is 38.1 Å². The zero-order chi connectivity index (χ0) is 36.1. The van der Waals surface area contributed by atoms with Crippen LogP contribution in [-0.2, 0) is 20.8 Å². The van der Waals surface area contributed by atoms with Crippen LogP contribution in [0.4, 0.5) is 26.3 Å². The van der Waals surface area contributed by atoms with E-state index < -0.39 is 30.2 Å². The van der Waals surface area contributed by atoms with Crippen LogP contribution in [0.2, 0.25) is 0 Å². The monoisotopic (exact) mass is 804 g/mol. The number of carboxylic acid groups (broad SMARTS) is 2. The number of benzene rings is 1. The maximum Gasteiger partial charge on any atom is 0.490 e. The highest BCUT2D eigenvalue weighted by molar-refractivity contribution is 9.11. The number of ether oxygens (including phenoxy) is 1. The van der Waals surface area contributed by atoms with E-state index in [1.807, 2.05) is 12.1 Å². The average Bonchev–Trinajstić information content (AvgIpc) is 2.91. The number of oxime groups is 1. The second-order valence-corrected chi connectivity index (χ2v) is 10.1. The summed E-state index contributed by atoms with van der Waals surface area (Å²) in [6.45, 7) is 1.95. The number of nitrogens with zero attached hydrogens (tertiary/aromatic N) is 3. The van der Waals surface area contributed by atoms with Gasteiger partial charge in [-0.25, -0.2) is 9.59 Å². The molecule has 0 spiro atoms. The van der Waals surface area contributed by atoms with E-state index in [4.69, 9.17) is 47.5 Å². The Morgan fingerprint density at radius 2 is 1.22 bits per heavy atom. The number of alkyl halides is 6. The lowest BCUT2D eigenvalue weighted by molar-refractivity contribution is -0.193. The topological polar surface area (TPSA) is 274 Å². The van der Waals surface area contributed by atoms with Crippen molar-refractivity contribution in [1.82, 2.24) is 5.32 Å². The number of guanidine groups is 2. The van der Waals surface area contributed by atoms with Gasteiger partial charge in [0.05, 0.1) is 15.6 Å². The van der Waals surface area contributed by atoms with Gasteiger partial charge < -0.3 is 48.4 Å². The fourth-order valence-corrected chi connectivity index (χ4v) is 4.06. The van der Waals surface area contributed by atoms with E-state index in [0.29, 0.717) is 47.4 Å². The Morgan fingerprint density at radius 3 is 1.59 bits per heavy atom. The molecule has 23 heteroatoms. The van der Waals surface area contributed by atoms with Crippen LogP contribution < -0.4 is 33.0 Å². The van der Waals surface area contributed by atoms with Gasteiger partial charge in [0.25, 0.3) is 5.91 Å². The molecule has 0 aliphatic carbocycles. The minimum atomic E-state index is -5.08. The molecule has 0 bridgehead atoms. The summed E-state index contributed by atoms with van der Waals surface area (Å²) in [7, 11) is 0. The summed E-state index contributed by atoms with van der Waals surface area (Å²) in [5.41, 5.74) is 21.9. The summed E-state index contributed by atoms with van der Waals surface area (Å²) in [5, 5.41) is 29.4. The molecule has 0 radical (unpaired) electrons. The number of carbonyl (C=O) groups excluding carboxylic acids is 1. The van der Waals surface area contributed by atoms with Gasteiger partial charge in [0, 0.05) is 26.1 Å². The van der Waals surface area contributed by atoms with Crippen molar-refractivity contribution in [3.05, 3.63) is 26.6 Å². The lowest BCUT2D eigenvalue weighted by Gasteiger charge is -2.13. The fourth-order valence-electron chi connectivity index (χ4n) is 2.55. The molecule has 1 amide bonds. The maximum absolute atomic E-state index is 12.3. The van der Waals surface area contributed by atoms with Crippen LogP contribution in [-0.4, -0.2) is 89.5 Å². The van der Waals surface area contributed by atoms with Crippen LogP contribution in [0.25, 0.3) is 0 Å². The highest BCUT2D eigenvalue weighted by Gasteiger charge is 2.38. The number of hydrogen-bond acceptors (Lipinski definition) is 8. The molecular formula is C23H32Br2F6N8O7. The molecule has 0 saturated carbocycles. The van der Waals surface area contributed by atoms with Crippen molar-refractivity contribution in [2.45, 2.75) is 44.5 Å². The van der Waals surface area contributed by atoms with E-state index in [1.165, 1.54) is 0 Å². The normalized spacial score (nSPS) is 11.1. The molecule has 0 heterocycles. The van der Waals surface area contributed by atoms with Crippen LogP contribution in [0.1, 0.15) is 31.2 Å². The highest BCUT2D eigenvalue weighted by atomic mass is 79.9.